The zero-order valence-corrected chi connectivity index (χ0v) is 12.2. The Morgan fingerprint density at radius 3 is 2.90 bits per heavy atom. The molecule has 4 nitrogen and oxygen atoms in total. The van der Waals surface area contributed by atoms with Crippen LogP contribution in [0.1, 0.15) is 24.0 Å². The van der Waals surface area contributed by atoms with Crippen LogP contribution in [-0.4, -0.2) is 31.2 Å². The number of ether oxygens (including phenoxy) is 1. The summed E-state index contributed by atoms with van der Waals surface area (Å²) in [5, 5.41) is 6.30. The summed E-state index contributed by atoms with van der Waals surface area (Å²) in [7, 11) is 0. The average Bonchev–Trinajstić information content (AvgIpc) is 2.97. The maximum Gasteiger partial charge on any atom is 0.237 e. The van der Waals surface area contributed by atoms with Gasteiger partial charge in [0, 0.05) is 19.7 Å². The standard InChI is InChI=1S/C15H20N2O2.ClH/c18-15(17-10-13-6-3-7-19-13)14-8-11-4-1-2-5-12(11)9-16-14;/h1-2,4-5,13-14,16H,3,6-10H2,(H,17,18);1H/t13?,14-;/m0./s1. The first kappa shape index (κ1) is 15.3. The third-order valence-electron chi connectivity index (χ3n) is 3.93. The summed E-state index contributed by atoms with van der Waals surface area (Å²) in [4.78, 5) is 12.1. The van der Waals surface area contributed by atoms with Gasteiger partial charge in [0.1, 0.15) is 0 Å². The Kier molecular flexibility index (Phi) is 5.40. The van der Waals surface area contributed by atoms with Crippen molar-refractivity contribution in [1.29, 1.82) is 0 Å². The van der Waals surface area contributed by atoms with Crippen molar-refractivity contribution in [3.63, 3.8) is 0 Å². The van der Waals surface area contributed by atoms with Gasteiger partial charge in [0.15, 0.2) is 0 Å². The van der Waals surface area contributed by atoms with Crippen LogP contribution in [0.2, 0.25) is 0 Å². The molecule has 0 spiro atoms. The number of benzene rings is 1. The fraction of sp³-hybridized carbons (Fsp3) is 0.533. The van der Waals surface area contributed by atoms with E-state index in [4.69, 9.17) is 4.74 Å². The molecular formula is C15H21ClN2O2. The molecule has 1 aromatic rings. The van der Waals surface area contributed by atoms with E-state index in [2.05, 4.69) is 22.8 Å². The molecular weight excluding hydrogens is 276 g/mol. The summed E-state index contributed by atoms with van der Waals surface area (Å²) in [6, 6.07) is 8.18. The van der Waals surface area contributed by atoms with Crippen molar-refractivity contribution in [2.45, 2.75) is 38.0 Å². The molecule has 20 heavy (non-hydrogen) atoms. The summed E-state index contributed by atoms with van der Waals surface area (Å²) >= 11 is 0. The molecule has 2 heterocycles. The zero-order valence-electron chi connectivity index (χ0n) is 11.4. The molecule has 2 aliphatic rings. The van der Waals surface area contributed by atoms with Crippen molar-refractivity contribution >= 4 is 18.3 Å². The molecule has 2 atom stereocenters. The Hall–Kier alpha value is -1.10. The van der Waals surface area contributed by atoms with Crippen molar-refractivity contribution in [3.05, 3.63) is 35.4 Å². The first-order valence-corrected chi connectivity index (χ1v) is 7.02. The molecule has 0 aromatic heterocycles. The highest BCUT2D eigenvalue weighted by atomic mass is 35.5. The normalized spacial score (nSPS) is 24.6. The molecule has 110 valence electrons. The van der Waals surface area contributed by atoms with E-state index in [1.807, 2.05) is 12.1 Å². The van der Waals surface area contributed by atoms with E-state index >= 15 is 0 Å². The highest BCUT2D eigenvalue weighted by Crippen LogP contribution is 2.16. The smallest absolute Gasteiger partial charge is 0.237 e. The van der Waals surface area contributed by atoms with E-state index < -0.39 is 0 Å². The molecule has 3 rings (SSSR count). The maximum absolute atomic E-state index is 12.1. The minimum absolute atomic E-state index is 0. The number of nitrogens with one attached hydrogen (secondary N) is 2. The number of amides is 1. The summed E-state index contributed by atoms with van der Waals surface area (Å²) in [6.45, 7) is 2.24. The van der Waals surface area contributed by atoms with E-state index in [-0.39, 0.29) is 30.5 Å². The fourth-order valence-corrected chi connectivity index (χ4v) is 2.78. The predicted octanol–water partition coefficient (Wildman–Crippen LogP) is 1.42. The van der Waals surface area contributed by atoms with Crippen LogP contribution in [0.3, 0.4) is 0 Å². The number of hydrogen-bond donors (Lipinski definition) is 2. The monoisotopic (exact) mass is 296 g/mol. The van der Waals surface area contributed by atoms with Crippen LogP contribution in [0.15, 0.2) is 24.3 Å². The van der Waals surface area contributed by atoms with Crippen molar-refractivity contribution in [2.75, 3.05) is 13.2 Å². The van der Waals surface area contributed by atoms with Gasteiger partial charge in [-0.05, 0) is 30.4 Å². The molecule has 5 heteroatoms. The molecule has 0 radical (unpaired) electrons. The molecule has 1 amide bonds. The maximum atomic E-state index is 12.1. The Morgan fingerprint density at radius 2 is 2.15 bits per heavy atom. The number of halogens is 1. The van der Waals surface area contributed by atoms with Crippen molar-refractivity contribution in [3.8, 4) is 0 Å². The van der Waals surface area contributed by atoms with E-state index in [1.54, 1.807) is 0 Å². The number of carbonyl (C=O) groups excluding carboxylic acids is 1. The third kappa shape index (κ3) is 3.51. The highest BCUT2D eigenvalue weighted by Gasteiger charge is 2.24. The van der Waals surface area contributed by atoms with Gasteiger partial charge in [0.05, 0.1) is 12.1 Å². The van der Waals surface area contributed by atoms with E-state index in [0.29, 0.717) is 6.54 Å². The van der Waals surface area contributed by atoms with E-state index in [1.165, 1.54) is 11.1 Å². The first-order chi connectivity index (χ1) is 9.33. The Labute approximate surface area is 125 Å². The van der Waals surface area contributed by atoms with Gasteiger partial charge >= 0.3 is 0 Å². The van der Waals surface area contributed by atoms with Crippen molar-refractivity contribution < 1.29 is 9.53 Å². The van der Waals surface area contributed by atoms with Gasteiger partial charge in [-0.2, -0.15) is 0 Å². The van der Waals surface area contributed by atoms with E-state index in [9.17, 15) is 4.79 Å². The Morgan fingerprint density at radius 1 is 1.35 bits per heavy atom. The molecule has 1 saturated heterocycles. The number of carbonyl (C=O) groups is 1. The molecule has 2 aliphatic heterocycles. The lowest BCUT2D eigenvalue weighted by Crippen LogP contribution is -2.49. The van der Waals surface area contributed by atoms with Crippen LogP contribution in [-0.2, 0) is 22.5 Å². The molecule has 0 saturated carbocycles. The number of fused-ring (bicyclic) bond motifs is 1. The van der Waals surface area contributed by atoms with Crippen molar-refractivity contribution in [2.24, 2.45) is 0 Å². The lowest BCUT2D eigenvalue weighted by atomic mass is 9.95. The van der Waals surface area contributed by atoms with Crippen LogP contribution in [0.25, 0.3) is 0 Å². The van der Waals surface area contributed by atoms with Gasteiger partial charge in [-0.3, -0.25) is 4.79 Å². The second kappa shape index (κ2) is 7.07. The van der Waals surface area contributed by atoms with Gasteiger partial charge in [-0.15, -0.1) is 12.4 Å². The van der Waals surface area contributed by atoms with E-state index in [0.717, 1.165) is 32.4 Å². The second-order valence-electron chi connectivity index (χ2n) is 5.29. The lowest BCUT2D eigenvalue weighted by molar-refractivity contribution is -0.123. The summed E-state index contributed by atoms with van der Waals surface area (Å²) in [6.07, 6.45) is 3.14. The van der Waals surface area contributed by atoms with Crippen molar-refractivity contribution in [1.82, 2.24) is 10.6 Å². The second-order valence-corrected chi connectivity index (χ2v) is 5.29. The quantitative estimate of drug-likeness (QED) is 0.887. The van der Waals surface area contributed by atoms with Gasteiger partial charge in [-0.1, -0.05) is 24.3 Å². The SMILES string of the molecule is Cl.O=C(NCC1CCCO1)[C@@H]1Cc2ccccc2CN1. The van der Waals surface area contributed by atoms with Crippen LogP contribution in [0.4, 0.5) is 0 Å². The molecule has 0 bridgehead atoms. The predicted molar refractivity (Wildman–Crippen MR) is 80.0 cm³/mol. The number of rotatable bonds is 3. The highest BCUT2D eigenvalue weighted by molar-refractivity contribution is 5.85. The third-order valence-corrected chi connectivity index (χ3v) is 3.93. The van der Waals surface area contributed by atoms with Crippen LogP contribution < -0.4 is 10.6 Å². The summed E-state index contributed by atoms with van der Waals surface area (Å²) in [5.74, 6) is 0.0880. The lowest BCUT2D eigenvalue weighted by Gasteiger charge is -2.25. The van der Waals surface area contributed by atoms with Gasteiger partial charge in [0.2, 0.25) is 5.91 Å². The zero-order chi connectivity index (χ0) is 13.1. The van der Waals surface area contributed by atoms with Gasteiger partial charge in [0.25, 0.3) is 0 Å². The van der Waals surface area contributed by atoms with Crippen LogP contribution >= 0.6 is 12.4 Å². The minimum Gasteiger partial charge on any atom is -0.376 e. The molecule has 0 aliphatic carbocycles. The molecule has 1 fully saturated rings. The van der Waals surface area contributed by atoms with Gasteiger partial charge in [-0.25, -0.2) is 0 Å². The molecule has 1 unspecified atom stereocenters. The first-order valence-electron chi connectivity index (χ1n) is 7.02. The Balaban J connectivity index is 0.00000147. The molecule has 2 N–H and O–H groups in total. The van der Waals surface area contributed by atoms with Crippen LogP contribution in [0.5, 0.6) is 0 Å². The largest absolute Gasteiger partial charge is 0.376 e. The number of hydrogen-bond acceptors (Lipinski definition) is 3. The fourth-order valence-electron chi connectivity index (χ4n) is 2.78. The summed E-state index contributed by atoms with van der Waals surface area (Å²) in [5.41, 5.74) is 2.57. The molecule has 1 aromatic carbocycles. The average molecular weight is 297 g/mol. The Bertz CT molecular complexity index is 461. The topological polar surface area (TPSA) is 50.4 Å². The van der Waals surface area contributed by atoms with Crippen LogP contribution in [0, 0.1) is 0 Å². The van der Waals surface area contributed by atoms with Gasteiger partial charge < -0.3 is 15.4 Å². The summed E-state index contributed by atoms with van der Waals surface area (Å²) < 4.78 is 5.51. The minimum atomic E-state index is -0.115.